The van der Waals surface area contributed by atoms with Crippen LogP contribution in [-0.2, 0) is 4.79 Å². The van der Waals surface area contributed by atoms with Crippen LogP contribution in [0.5, 0.6) is 11.5 Å². The van der Waals surface area contributed by atoms with Gasteiger partial charge in [-0.1, -0.05) is 23.7 Å². The number of amides is 1. The van der Waals surface area contributed by atoms with Gasteiger partial charge in [-0.25, -0.2) is 0 Å². The Kier molecular flexibility index (Phi) is 7.94. The minimum Gasteiger partial charge on any atom is -0.490 e. The van der Waals surface area contributed by atoms with E-state index >= 15 is 0 Å². The van der Waals surface area contributed by atoms with Crippen LogP contribution in [0.3, 0.4) is 0 Å². The fraction of sp³-hybridized carbons (Fsp3) is 0.409. The quantitative estimate of drug-likeness (QED) is 0.326. The van der Waals surface area contributed by atoms with E-state index in [1.165, 1.54) is 6.07 Å². The first kappa shape index (κ1) is 22.7. The summed E-state index contributed by atoms with van der Waals surface area (Å²) in [6, 6.07) is 12.1. The number of hydrogen-bond acceptors (Lipinski definition) is 6. The molecule has 0 bridgehead atoms. The van der Waals surface area contributed by atoms with Crippen LogP contribution in [0.1, 0.15) is 19.8 Å². The third-order valence-electron chi connectivity index (χ3n) is 5.05. The molecule has 0 radical (unpaired) electrons. The van der Waals surface area contributed by atoms with E-state index in [4.69, 9.17) is 21.1 Å². The standard InChI is InChI=1S/C22H26ClN3O5/c1-2-30-20-6-3-4-7-21(20)31-15-5-8-22(27)25-13-11-24(12-14-25)18-10-9-17(23)16-19(18)26(28)29/h3-4,6-7,9-10,16H,2,5,8,11-15H2,1H3. The van der Waals surface area contributed by atoms with Crippen molar-refractivity contribution in [3.8, 4) is 11.5 Å². The van der Waals surface area contributed by atoms with E-state index < -0.39 is 4.92 Å². The SMILES string of the molecule is CCOc1ccccc1OCCCC(=O)N1CCN(c2ccc(Cl)cc2[N+](=O)[O-])CC1. The molecule has 0 N–H and O–H groups in total. The topological polar surface area (TPSA) is 85.2 Å². The zero-order valence-corrected chi connectivity index (χ0v) is 18.2. The highest BCUT2D eigenvalue weighted by Gasteiger charge is 2.25. The third-order valence-corrected chi connectivity index (χ3v) is 5.28. The van der Waals surface area contributed by atoms with Crippen molar-refractivity contribution < 1.29 is 19.2 Å². The summed E-state index contributed by atoms with van der Waals surface area (Å²) in [6.07, 6.45) is 0.986. The lowest BCUT2D eigenvalue weighted by Crippen LogP contribution is -2.49. The number of halogens is 1. The van der Waals surface area contributed by atoms with Crippen LogP contribution in [0.15, 0.2) is 42.5 Å². The van der Waals surface area contributed by atoms with Crippen molar-refractivity contribution in [1.29, 1.82) is 0 Å². The number of carbonyl (C=O) groups excluding carboxylic acids is 1. The summed E-state index contributed by atoms with van der Waals surface area (Å²) in [4.78, 5) is 27.2. The van der Waals surface area contributed by atoms with Crippen LogP contribution in [-0.4, -0.2) is 55.1 Å². The number of nitro groups is 1. The average Bonchev–Trinajstić information content (AvgIpc) is 2.78. The largest absolute Gasteiger partial charge is 0.490 e. The summed E-state index contributed by atoms with van der Waals surface area (Å²) in [5.74, 6) is 1.44. The first-order valence-electron chi connectivity index (χ1n) is 10.3. The molecule has 3 rings (SSSR count). The van der Waals surface area contributed by atoms with Crippen LogP contribution in [0.4, 0.5) is 11.4 Å². The summed E-state index contributed by atoms with van der Waals surface area (Å²) in [7, 11) is 0. The van der Waals surface area contributed by atoms with Gasteiger partial charge in [-0.05, 0) is 37.6 Å². The fourth-order valence-corrected chi connectivity index (χ4v) is 3.68. The fourth-order valence-electron chi connectivity index (χ4n) is 3.51. The molecule has 0 saturated carbocycles. The van der Waals surface area contributed by atoms with Gasteiger partial charge in [0.25, 0.3) is 5.69 Å². The Balaban J connectivity index is 1.45. The van der Waals surface area contributed by atoms with Gasteiger partial charge >= 0.3 is 0 Å². The lowest BCUT2D eigenvalue weighted by molar-refractivity contribution is -0.384. The molecule has 166 valence electrons. The molecule has 1 amide bonds. The molecule has 1 fully saturated rings. The van der Waals surface area contributed by atoms with Gasteiger partial charge in [-0.2, -0.15) is 0 Å². The number of anilines is 1. The number of nitro benzene ring substituents is 1. The minimum absolute atomic E-state index is 0.0169. The molecule has 31 heavy (non-hydrogen) atoms. The molecular weight excluding hydrogens is 422 g/mol. The Hall–Kier alpha value is -3.00. The van der Waals surface area contributed by atoms with E-state index in [0.717, 1.165) is 0 Å². The van der Waals surface area contributed by atoms with E-state index in [0.29, 0.717) is 74.4 Å². The monoisotopic (exact) mass is 447 g/mol. The number of hydrogen-bond donors (Lipinski definition) is 0. The van der Waals surface area contributed by atoms with Gasteiger partial charge < -0.3 is 19.3 Å². The van der Waals surface area contributed by atoms with Crippen LogP contribution in [0.25, 0.3) is 0 Å². The third kappa shape index (κ3) is 6.01. The number of benzene rings is 2. The molecule has 0 aliphatic carbocycles. The Morgan fingerprint density at radius 3 is 2.42 bits per heavy atom. The van der Waals surface area contributed by atoms with Crippen molar-refractivity contribution in [1.82, 2.24) is 4.90 Å². The second-order valence-electron chi connectivity index (χ2n) is 7.09. The lowest BCUT2D eigenvalue weighted by Gasteiger charge is -2.35. The van der Waals surface area contributed by atoms with Crippen LogP contribution in [0, 0.1) is 10.1 Å². The molecule has 0 atom stereocenters. The maximum Gasteiger partial charge on any atom is 0.294 e. The van der Waals surface area contributed by atoms with Crippen molar-refractivity contribution in [2.45, 2.75) is 19.8 Å². The molecule has 9 heteroatoms. The van der Waals surface area contributed by atoms with Gasteiger partial charge in [0.1, 0.15) is 5.69 Å². The zero-order valence-electron chi connectivity index (χ0n) is 17.5. The van der Waals surface area contributed by atoms with Crippen molar-refractivity contribution in [2.24, 2.45) is 0 Å². The first-order valence-corrected chi connectivity index (χ1v) is 10.7. The molecule has 0 aromatic heterocycles. The maximum atomic E-state index is 12.5. The van der Waals surface area contributed by atoms with Gasteiger partial charge in [0.2, 0.25) is 5.91 Å². The highest BCUT2D eigenvalue weighted by atomic mass is 35.5. The zero-order chi connectivity index (χ0) is 22.2. The second-order valence-corrected chi connectivity index (χ2v) is 7.53. The number of nitrogens with zero attached hydrogens (tertiary/aromatic N) is 3. The van der Waals surface area contributed by atoms with Crippen LogP contribution in [0.2, 0.25) is 5.02 Å². The molecule has 2 aromatic rings. The number of ether oxygens (including phenoxy) is 2. The molecule has 8 nitrogen and oxygen atoms in total. The molecule has 1 saturated heterocycles. The van der Waals surface area contributed by atoms with E-state index in [9.17, 15) is 14.9 Å². The van der Waals surface area contributed by atoms with E-state index in [1.54, 1.807) is 17.0 Å². The number of rotatable bonds is 9. The predicted octanol–water partition coefficient (Wildman–Crippen LogP) is 4.15. The second kappa shape index (κ2) is 10.9. The predicted molar refractivity (Wildman–Crippen MR) is 119 cm³/mol. The number of para-hydroxylation sites is 2. The Morgan fingerprint density at radius 2 is 1.77 bits per heavy atom. The molecule has 0 spiro atoms. The Bertz CT molecular complexity index is 916. The minimum atomic E-state index is -0.428. The first-order chi connectivity index (χ1) is 15.0. The highest BCUT2D eigenvalue weighted by Crippen LogP contribution is 2.31. The molecular formula is C22H26ClN3O5. The molecule has 1 aliphatic heterocycles. The Labute approximate surface area is 186 Å². The van der Waals surface area contributed by atoms with Crippen LogP contribution < -0.4 is 14.4 Å². The molecule has 2 aromatic carbocycles. The van der Waals surface area contributed by atoms with Crippen LogP contribution >= 0.6 is 11.6 Å². The van der Waals surface area contributed by atoms with Gasteiger partial charge in [0, 0.05) is 43.7 Å². The summed E-state index contributed by atoms with van der Waals surface area (Å²) in [5, 5.41) is 11.7. The van der Waals surface area contributed by atoms with Gasteiger partial charge in [0.05, 0.1) is 18.1 Å². The normalized spacial score (nSPS) is 13.7. The van der Waals surface area contributed by atoms with E-state index in [1.807, 2.05) is 36.1 Å². The van der Waals surface area contributed by atoms with Crippen molar-refractivity contribution in [3.05, 3.63) is 57.6 Å². The van der Waals surface area contributed by atoms with E-state index in [2.05, 4.69) is 0 Å². The lowest BCUT2D eigenvalue weighted by atomic mass is 10.2. The number of piperazine rings is 1. The maximum absolute atomic E-state index is 12.5. The summed E-state index contributed by atoms with van der Waals surface area (Å²) >= 11 is 5.90. The van der Waals surface area contributed by atoms with Gasteiger partial charge in [-0.3, -0.25) is 14.9 Å². The highest BCUT2D eigenvalue weighted by molar-refractivity contribution is 6.30. The average molecular weight is 448 g/mol. The van der Waals surface area contributed by atoms with Crippen molar-refractivity contribution >= 4 is 28.9 Å². The Morgan fingerprint density at radius 1 is 1.10 bits per heavy atom. The van der Waals surface area contributed by atoms with Crippen molar-refractivity contribution in [3.63, 3.8) is 0 Å². The molecule has 0 unspecified atom stereocenters. The summed E-state index contributed by atoms with van der Waals surface area (Å²) in [5.41, 5.74) is 0.514. The van der Waals surface area contributed by atoms with Gasteiger partial charge in [0.15, 0.2) is 11.5 Å². The van der Waals surface area contributed by atoms with Gasteiger partial charge in [-0.15, -0.1) is 0 Å². The molecule has 1 aliphatic rings. The smallest absolute Gasteiger partial charge is 0.294 e. The summed E-state index contributed by atoms with van der Waals surface area (Å²) < 4.78 is 11.3. The van der Waals surface area contributed by atoms with E-state index in [-0.39, 0.29) is 11.6 Å². The number of carbonyl (C=O) groups is 1. The molecule has 1 heterocycles. The summed E-state index contributed by atoms with van der Waals surface area (Å²) in [6.45, 7) is 5.01. The van der Waals surface area contributed by atoms with Crippen molar-refractivity contribution in [2.75, 3.05) is 44.3 Å².